The Morgan fingerprint density at radius 1 is 1.18 bits per heavy atom. The third-order valence-corrected chi connectivity index (χ3v) is 3.29. The van der Waals surface area contributed by atoms with Gasteiger partial charge in [0.1, 0.15) is 5.60 Å². The molecule has 1 amide bonds. The largest absolute Gasteiger partial charge is 0.494 e. The molecule has 0 fully saturated rings. The number of hydrogen-bond donors (Lipinski definition) is 3. The lowest BCUT2D eigenvalue weighted by Crippen LogP contribution is -2.39. The summed E-state index contributed by atoms with van der Waals surface area (Å²) in [4.78, 5) is 16.0. The van der Waals surface area contributed by atoms with Gasteiger partial charge in [0, 0.05) is 19.6 Å². The molecule has 3 N–H and O–H groups in total. The third-order valence-electron chi connectivity index (χ3n) is 3.29. The van der Waals surface area contributed by atoms with Crippen molar-refractivity contribution in [3.8, 4) is 5.75 Å². The molecule has 0 aliphatic rings. The predicted octanol–water partition coefficient (Wildman–Crippen LogP) is 3.42. The van der Waals surface area contributed by atoms with E-state index in [1.54, 1.807) is 12.1 Å². The lowest BCUT2D eigenvalue weighted by Gasteiger charge is -2.19. The van der Waals surface area contributed by atoms with Crippen LogP contribution in [0.2, 0.25) is 0 Å². The second kappa shape index (κ2) is 13.4. The lowest BCUT2D eigenvalue weighted by molar-refractivity contribution is 0.0527. The van der Waals surface area contributed by atoms with Gasteiger partial charge in [0.2, 0.25) is 0 Å². The van der Waals surface area contributed by atoms with Crippen molar-refractivity contribution in [3.63, 3.8) is 0 Å². The number of carbonyl (C=O) groups excluding carboxylic acids is 1. The monoisotopic (exact) mass is 510 g/mol. The maximum absolute atomic E-state index is 13.7. The van der Waals surface area contributed by atoms with E-state index in [0.717, 1.165) is 5.56 Å². The second-order valence-corrected chi connectivity index (χ2v) is 6.87. The fourth-order valence-electron chi connectivity index (χ4n) is 2.12. The van der Waals surface area contributed by atoms with Gasteiger partial charge in [0.05, 0.1) is 13.7 Å². The first kappa shape index (κ1) is 26.2. The zero-order chi connectivity index (χ0) is 20.3. The highest BCUT2D eigenvalue weighted by Crippen LogP contribution is 2.18. The number of carbonyl (C=O) groups is 1. The molecule has 160 valence electrons. The molecule has 1 rings (SSSR count). The van der Waals surface area contributed by atoms with E-state index >= 15 is 0 Å². The Labute approximate surface area is 183 Å². The van der Waals surface area contributed by atoms with Crippen molar-refractivity contribution in [2.75, 3.05) is 26.7 Å². The minimum Gasteiger partial charge on any atom is -0.494 e. The first-order valence-corrected chi connectivity index (χ1v) is 9.06. The first-order chi connectivity index (χ1) is 12.7. The quantitative estimate of drug-likeness (QED) is 0.216. The molecule has 0 atom stereocenters. The van der Waals surface area contributed by atoms with Gasteiger partial charge in [-0.15, -0.1) is 24.0 Å². The summed E-state index contributed by atoms with van der Waals surface area (Å²) < 4.78 is 23.8. The molecular formula is C19H32FIN4O3. The average Bonchev–Trinajstić information content (AvgIpc) is 2.57. The van der Waals surface area contributed by atoms with E-state index in [1.165, 1.54) is 13.2 Å². The number of methoxy groups -OCH3 is 1. The lowest BCUT2D eigenvalue weighted by atomic mass is 10.2. The van der Waals surface area contributed by atoms with Gasteiger partial charge >= 0.3 is 6.09 Å². The van der Waals surface area contributed by atoms with Crippen molar-refractivity contribution in [2.24, 2.45) is 4.99 Å². The van der Waals surface area contributed by atoms with Gasteiger partial charge < -0.3 is 25.4 Å². The summed E-state index contributed by atoms with van der Waals surface area (Å²) in [5.74, 6) is 0.438. The summed E-state index contributed by atoms with van der Waals surface area (Å²) in [6.07, 6.45) is 0.283. The van der Waals surface area contributed by atoms with Gasteiger partial charge in [0.25, 0.3) is 0 Å². The van der Waals surface area contributed by atoms with E-state index in [4.69, 9.17) is 9.47 Å². The topological polar surface area (TPSA) is 84.0 Å². The highest BCUT2D eigenvalue weighted by Gasteiger charge is 2.15. The predicted molar refractivity (Wildman–Crippen MR) is 120 cm³/mol. The molecule has 1 aromatic carbocycles. The summed E-state index contributed by atoms with van der Waals surface area (Å²) in [5.41, 5.74) is 0.241. The van der Waals surface area contributed by atoms with Crippen LogP contribution >= 0.6 is 24.0 Å². The summed E-state index contributed by atoms with van der Waals surface area (Å²) in [5, 5.41) is 9.01. The van der Waals surface area contributed by atoms with Crippen LogP contribution in [0.15, 0.2) is 23.2 Å². The van der Waals surface area contributed by atoms with E-state index in [-0.39, 0.29) is 29.7 Å². The van der Waals surface area contributed by atoms with Gasteiger partial charge in [-0.1, -0.05) is 6.07 Å². The molecule has 0 heterocycles. The average molecular weight is 510 g/mol. The number of aliphatic imine (C=N–C) groups is 1. The van der Waals surface area contributed by atoms with Crippen LogP contribution in [-0.2, 0) is 11.3 Å². The summed E-state index contributed by atoms with van der Waals surface area (Å²) >= 11 is 0. The van der Waals surface area contributed by atoms with Crippen molar-refractivity contribution >= 4 is 36.0 Å². The summed E-state index contributed by atoms with van der Waals surface area (Å²) in [7, 11) is 1.43. The number of rotatable bonds is 8. The maximum Gasteiger partial charge on any atom is 0.407 e. The number of benzene rings is 1. The number of amides is 1. The fraction of sp³-hybridized carbons (Fsp3) is 0.579. The number of halogens is 2. The molecule has 0 saturated heterocycles. The van der Waals surface area contributed by atoms with E-state index in [1.807, 2.05) is 27.7 Å². The molecule has 9 heteroatoms. The smallest absolute Gasteiger partial charge is 0.407 e. The molecule has 0 aromatic heterocycles. The molecule has 0 aliphatic carbocycles. The van der Waals surface area contributed by atoms with Crippen molar-refractivity contribution in [1.29, 1.82) is 0 Å². The number of guanidine groups is 1. The van der Waals surface area contributed by atoms with Crippen LogP contribution in [0, 0.1) is 5.82 Å². The maximum atomic E-state index is 13.7. The number of alkyl carbamates (subject to hydrolysis) is 1. The number of nitrogens with one attached hydrogen (secondary N) is 3. The zero-order valence-electron chi connectivity index (χ0n) is 17.2. The molecule has 28 heavy (non-hydrogen) atoms. The third kappa shape index (κ3) is 11.2. The molecule has 0 spiro atoms. The molecule has 7 nitrogen and oxygen atoms in total. The highest BCUT2D eigenvalue weighted by atomic mass is 127. The molecule has 0 aliphatic heterocycles. The van der Waals surface area contributed by atoms with E-state index in [9.17, 15) is 9.18 Å². The second-order valence-electron chi connectivity index (χ2n) is 6.87. The van der Waals surface area contributed by atoms with Crippen LogP contribution in [-0.4, -0.2) is 44.4 Å². The van der Waals surface area contributed by atoms with Gasteiger partial charge in [-0.3, -0.25) is 0 Å². The summed E-state index contributed by atoms with van der Waals surface area (Å²) in [6.45, 7) is 9.59. The fourth-order valence-corrected chi connectivity index (χ4v) is 2.12. The Kier molecular flexibility index (Phi) is 12.6. The van der Waals surface area contributed by atoms with E-state index in [0.29, 0.717) is 38.6 Å². The Balaban J connectivity index is 0.00000729. The van der Waals surface area contributed by atoms with Gasteiger partial charge in [-0.25, -0.2) is 14.2 Å². The van der Waals surface area contributed by atoms with Crippen LogP contribution in [0.25, 0.3) is 0 Å². The zero-order valence-corrected chi connectivity index (χ0v) is 19.6. The molecule has 0 unspecified atom stereocenters. The Morgan fingerprint density at radius 3 is 2.43 bits per heavy atom. The van der Waals surface area contributed by atoms with Crippen LogP contribution in [0.1, 0.15) is 39.7 Å². The Bertz CT molecular complexity index is 636. The van der Waals surface area contributed by atoms with Crippen LogP contribution in [0.4, 0.5) is 9.18 Å². The molecule has 0 bridgehead atoms. The minimum absolute atomic E-state index is 0. The number of nitrogens with zero attached hydrogens (tertiary/aromatic N) is 1. The first-order valence-electron chi connectivity index (χ1n) is 9.06. The normalized spacial score (nSPS) is 11.3. The molecule has 0 saturated carbocycles. The van der Waals surface area contributed by atoms with E-state index < -0.39 is 17.5 Å². The summed E-state index contributed by atoms with van der Waals surface area (Å²) in [6, 6.07) is 4.78. The molecular weight excluding hydrogens is 478 g/mol. The van der Waals surface area contributed by atoms with Crippen molar-refractivity contribution < 1.29 is 18.7 Å². The molecule has 0 radical (unpaired) electrons. The molecule has 1 aromatic rings. The van der Waals surface area contributed by atoms with Gasteiger partial charge in [0.15, 0.2) is 17.5 Å². The van der Waals surface area contributed by atoms with Gasteiger partial charge in [-0.2, -0.15) is 0 Å². The van der Waals surface area contributed by atoms with Crippen molar-refractivity contribution in [1.82, 2.24) is 16.0 Å². The SMILES string of the molecule is CCNC(=NCc1ccc(OC)c(F)c1)NCCCNC(=O)OC(C)(C)C.I. The standard InChI is InChI=1S/C19H31FN4O3.HI/c1-6-21-17(22-10-7-11-23-18(25)27-19(2,3)4)24-13-14-8-9-16(26-5)15(20)12-14;/h8-9,12H,6-7,10-11,13H2,1-5H3,(H,23,25)(H2,21,22,24);1H. The van der Waals surface area contributed by atoms with Gasteiger partial charge in [-0.05, 0) is 51.8 Å². The highest BCUT2D eigenvalue weighted by molar-refractivity contribution is 14.0. The van der Waals surface area contributed by atoms with Crippen LogP contribution in [0.3, 0.4) is 0 Å². The van der Waals surface area contributed by atoms with Crippen LogP contribution < -0.4 is 20.7 Å². The Morgan fingerprint density at radius 2 is 1.86 bits per heavy atom. The van der Waals surface area contributed by atoms with Crippen LogP contribution in [0.5, 0.6) is 5.75 Å². The number of hydrogen-bond acceptors (Lipinski definition) is 4. The minimum atomic E-state index is -0.506. The van der Waals surface area contributed by atoms with Crippen molar-refractivity contribution in [3.05, 3.63) is 29.6 Å². The van der Waals surface area contributed by atoms with Crippen molar-refractivity contribution in [2.45, 2.75) is 46.3 Å². The van der Waals surface area contributed by atoms with E-state index in [2.05, 4.69) is 20.9 Å². The Hall–Kier alpha value is -1.78. The number of ether oxygens (including phenoxy) is 2.